The Morgan fingerprint density at radius 3 is 1.86 bits per heavy atom. The monoisotopic (exact) mass is 298 g/mol. The molecular formula is C14H9F3O4. The smallest absolute Gasteiger partial charge is 0.416 e. The second kappa shape index (κ2) is 5.01. The zero-order valence-electron chi connectivity index (χ0n) is 10.3. The first-order valence-corrected chi connectivity index (χ1v) is 5.67. The van der Waals surface area contributed by atoms with Crippen molar-refractivity contribution >= 4 is 0 Å². The highest BCUT2D eigenvalue weighted by molar-refractivity contribution is 5.74. The number of halogens is 3. The van der Waals surface area contributed by atoms with E-state index >= 15 is 0 Å². The van der Waals surface area contributed by atoms with Crippen LogP contribution >= 0.6 is 0 Å². The summed E-state index contributed by atoms with van der Waals surface area (Å²) < 4.78 is 37.4. The summed E-state index contributed by atoms with van der Waals surface area (Å²) in [5.74, 6) is -2.86. The van der Waals surface area contributed by atoms with E-state index in [4.69, 9.17) is 0 Å². The van der Waals surface area contributed by atoms with E-state index in [9.17, 15) is 33.3 Å². The molecule has 0 fully saturated rings. The van der Waals surface area contributed by atoms with Gasteiger partial charge in [0.25, 0.3) is 0 Å². The van der Waals surface area contributed by atoms with E-state index in [2.05, 4.69) is 0 Å². The van der Waals surface area contributed by atoms with Gasteiger partial charge in [-0.3, -0.25) is 4.79 Å². The van der Waals surface area contributed by atoms with Gasteiger partial charge >= 0.3 is 6.18 Å². The van der Waals surface area contributed by atoms with Crippen molar-refractivity contribution in [1.29, 1.82) is 0 Å². The Morgan fingerprint density at radius 1 is 0.762 bits per heavy atom. The van der Waals surface area contributed by atoms with Crippen LogP contribution in [0.2, 0.25) is 0 Å². The minimum absolute atomic E-state index is 0.0846. The number of aromatic hydroxyl groups is 3. The summed E-state index contributed by atoms with van der Waals surface area (Å²) in [5, 5.41) is 28.6. The number of benzene rings is 1. The van der Waals surface area contributed by atoms with Gasteiger partial charge in [-0.05, 0) is 29.8 Å². The third-order valence-electron chi connectivity index (χ3n) is 2.86. The quantitative estimate of drug-likeness (QED) is 0.756. The Kier molecular flexibility index (Phi) is 3.51. The van der Waals surface area contributed by atoms with Gasteiger partial charge in [-0.1, -0.05) is 12.1 Å². The van der Waals surface area contributed by atoms with Crippen molar-refractivity contribution in [2.75, 3.05) is 0 Å². The molecule has 2 aromatic carbocycles. The Bertz CT molecular complexity index is 737. The predicted octanol–water partition coefficient (Wildman–Crippen LogP) is 2.85. The van der Waals surface area contributed by atoms with E-state index in [1.807, 2.05) is 0 Å². The molecule has 2 aromatic rings. The maximum atomic E-state index is 12.5. The summed E-state index contributed by atoms with van der Waals surface area (Å²) in [6.45, 7) is 0. The molecule has 3 N–H and O–H groups in total. The van der Waals surface area contributed by atoms with Gasteiger partial charge in [0, 0.05) is 5.56 Å². The molecular weight excluding hydrogens is 289 g/mol. The van der Waals surface area contributed by atoms with Gasteiger partial charge in [0.05, 0.1) is 5.56 Å². The molecule has 21 heavy (non-hydrogen) atoms. The molecule has 0 radical (unpaired) electrons. The van der Waals surface area contributed by atoms with E-state index in [0.717, 1.165) is 36.4 Å². The summed E-state index contributed by atoms with van der Waals surface area (Å²) >= 11 is 0. The molecule has 110 valence electrons. The maximum Gasteiger partial charge on any atom is 0.416 e. The molecule has 4 nitrogen and oxygen atoms in total. The van der Waals surface area contributed by atoms with Crippen LogP contribution in [0.25, 0.3) is 11.1 Å². The summed E-state index contributed by atoms with van der Waals surface area (Å²) in [7, 11) is 0. The third kappa shape index (κ3) is 2.76. The van der Waals surface area contributed by atoms with E-state index in [1.165, 1.54) is 0 Å². The van der Waals surface area contributed by atoms with E-state index in [0.29, 0.717) is 0 Å². The fourth-order valence-electron chi connectivity index (χ4n) is 1.75. The molecule has 0 bridgehead atoms. The van der Waals surface area contributed by atoms with Crippen LogP contribution in [0.4, 0.5) is 13.2 Å². The van der Waals surface area contributed by atoms with Crippen LogP contribution in [-0.4, -0.2) is 15.3 Å². The van der Waals surface area contributed by atoms with Crippen LogP contribution in [0.5, 0.6) is 17.2 Å². The van der Waals surface area contributed by atoms with Gasteiger partial charge in [-0.15, -0.1) is 0 Å². The molecule has 0 saturated heterocycles. The van der Waals surface area contributed by atoms with Crippen LogP contribution in [0.3, 0.4) is 0 Å². The molecule has 0 spiro atoms. The first-order valence-electron chi connectivity index (χ1n) is 5.67. The van der Waals surface area contributed by atoms with Crippen LogP contribution in [0.1, 0.15) is 5.56 Å². The van der Waals surface area contributed by atoms with Gasteiger partial charge in [-0.2, -0.15) is 13.2 Å². The molecule has 0 heterocycles. The first kappa shape index (κ1) is 14.7. The summed E-state index contributed by atoms with van der Waals surface area (Å²) in [6, 6.07) is 5.76. The van der Waals surface area contributed by atoms with Gasteiger partial charge in [0.2, 0.25) is 16.9 Å². The van der Waals surface area contributed by atoms with Crippen LogP contribution in [-0.2, 0) is 6.18 Å². The molecule has 0 aliphatic rings. The fraction of sp³-hybridized carbons (Fsp3) is 0.0714. The fourth-order valence-corrected chi connectivity index (χ4v) is 1.75. The average Bonchev–Trinajstić information content (AvgIpc) is 2.52. The zero-order valence-corrected chi connectivity index (χ0v) is 10.3. The number of hydrogen-bond donors (Lipinski definition) is 3. The van der Waals surface area contributed by atoms with E-state index < -0.39 is 34.4 Å². The highest BCUT2D eigenvalue weighted by Crippen LogP contribution is 2.39. The molecule has 2 rings (SSSR count). The Balaban J connectivity index is 2.61. The van der Waals surface area contributed by atoms with Crippen LogP contribution in [0.15, 0.2) is 41.2 Å². The van der Waals surface area contributed by atoms with Crippen LogP contribution in [0, 0.1) is 0 Å². The van der Waals surface area contributed by atoms with Gasteiger partial charge in [0.1, 0.15) is 0 Å². The maximum absolute atomic E-state index is 12.5. The van der Waals surface area contributed by atoms with Crippen molar-refractivity contribution in [3.05, 3.63) is 52.2 Å². The molecule has 0 saturated carbocycles. The lowest BCUT2D eigenvalue weighted by Gasteiger charge is -2.08. The van der Waals surface area contributed by atoms with E-state index in [-0.39, 0.29) is 11.1 Å². The van der Waals surface area contributed by atoms with Crippen molar-refractivity contribution in [3.63, 3.8) is 0 Å². The molecule has 0 amide bonds. The minimum atomic E-state index is -4.50. The van der Waals surface area contributed by atoms with E-state index in [1.54, 1.807) is 0 Å². The standard InChI is InChI=1S/C14H9F3O4/c15-14(16,17)8-3-1-7(2-4-8)9-5-6-10(18)12(20)13(21)11(9)19/h1-6H,(H3,18,19,20,21). The highest BCUT2D eigenvalue weighted by Gasteiger charge is 2.30. The SMILES string of the molecule is O=c1ccc(-c2ccc(C(F)(F)F)cc2)c(O)c(O)c1O. The molecule has 0 aliphatic heterocycles. The predicted molar refractivity (Wildman–Crippen MR) is 68.1 cm³/mol. The van der Waals surface area contributed by atoms with Crippen molar-refractivity contribution in [2.45, 2.75) is 6.18 Å². The average molecular weight is 298 g/mol. The van der Waals surface area contributed by atoms with Gasteiger partial charge < -0.3 is 15.3 Å². The topological polar surface area (TPSA) is 77.8 Å². The molecule has 7 heteroatoms. The number of alkyl halides is 3. The number of rotatable bonds is 1. The Morgan fingerprint density at radius 2 is 1.33 bits per heavy atom. The van der Waals surface area contributed by atoms with Crippen molar-refractivity contribution in [2.24, 2.45) is 0 Å². The largest absolute Gasteiger partial charge is 0.504 e. The highest BCUT2D eigenvalue weighted by atomic mass is 19.4. The van der Waals surface area contributed by atoms with Crippen LogP contribution < -0.4 is 5.43 Å². The first-order chi connectivity index (χ1) is 9.71. The summed E-state index contributed by atoms with van der Waals surface area (Å²) in [5.41, 5.74) is -1.74. The summed E-state index contributed by atoms with van der Waals surface area (Å²) in [6.07, 6.45) is -4.50. The number of hydrogen-bond acceptors (Lipinski definition) is 4. The molecule has 0 unspecified atom stereocenters. The summed E-state index contributed by atoms with van der Waals surface area (Å²) in [4.78, 5) is 11.3. The molecule has 0 aromatic heterocycles. The van der Waals surface area contributed by atoms with Crippen molar-refractivity contribution in [1.82, 2.24) is 0 Å². The lowest BCUT2D eigenvalue weighted by molar-refractivity contribution is -0.137. The minimum Gasteiger partial charge on any atom is -0.504 e. The second-order valence-corrected chi connectivity index (χ2v) is 4.23. The Labute approximate surface area is 116 Å². The lowest BCUT2D eigenvalue weighted by atomic mass is 10.0. The third-order valence-corrected chi connectivity index (χ3v) is 2.86. The Hall–Kier alpha value is -2.70. The zero-order chi connectivity index (χ0) is 15.8. The molecule has 0 aliphatic carbocycles. The van der Waals surface area contributed by atoms with Crippen molar-refractivity contribution < 1.29 is 28.5 Å². The molecule has 0 atom stereocenters. The lowest BCUT2D eigenvalue weighted by Crippen LogP contribution is -2.03. The normalized spacial score (nSPS) is 11.4. The van der Waals surface area contributed by atoms with Crippen molar-refractivity contribution in [3.8, 4) is 28.4 Å². The second-order valence-electron chi connectivity index (χ2n) is 4.23. The van der Waals surface area contributed by atoms with Gasteiger partial charge in [0.15, 0.2) is 5.75 Å². The van der Waals surface area contributed by atoms with Gasteiger partial charge in [-0.25, -0.2) is 0 Å².